The number of nitrogens with one attached hydrogen (secondary N) is 2. The van der Waals surface area contributed by atoms with Crippen LogP contribution in [-0.2, 0) is 16.9 Å². The summed E-state index contributed by atoms with van der Waals surface area (Å²) < 4.78 is 42.2. The zero-order chi connectivity index (χ0) is 24.9. The molecule has 1 fully saturated rings. The van der Waals surface area contributed by atoms with Crippen LogP contribution in [0.15, 0.2) is 24.4 Å². The van der Waals surface area contributed by atoms with Crippen LogP contribution in [0.2, 0.25) is 0 Å². The number of piperidine rings is 1. The number of fused-ring (bicyclic) bond motifs is 1. The normalized spacial score (nSPS) is 19.8. The standard InChI is InChI=1S/C25H30F2N5OP/c1-24(2)11-10-16(13-30-24)31-23-29-14-20(25(3,26)27)21(32-23)18-8-9-19-17(18)7-6-15(12-28)22(19)34(4,5)33/h6-8,14,16,30H,9-11,13H2,1-5H3,(H,29,31,32)/t16-/m0/s1. The molecule has 4 rings (SSSR count). The topological polar surface area (TPSA) is 90.7 Å². The molecule has 2 heterocycles. The zero-order valence-electron chi connectivity index (χ0n) is 20.2. The highest BCUT2D eigenvalue weighted by atomic mass is 31.2. The van der Waals surface area contributed by atoms with Crippen molar-refractivity contribution in [1.29, 1.82) is 5.26 Å². The Labute approximate surface area is 199 Å². The van der Waals surface area contributed by atoms with Gasteiger partial charge in [0.25, 0.3) is 5.92 Å². The van der Waals surface area contributed by atoms with Gasteiger partial charge in [-0.3, -0.25) is 0 Å². The van der Waals surface area contributed by atoms with Crippen LogP contribution in [-0.4, -0.2) is 41.4 Å². The molecule has 2 aliphatic rings. The summed E-state index contributed by atoms with van der Waals surface area (Å²) in [6, 6.07) is 5.58. The SMILES string of the molecule is CC1(C)CC[C@H](Nc2ncc(C(C)(F)F)c(C3=CCc4c3ccc(C#N)c4P(C)(C)=O)n2)CN1. The highest BCUT2D eigenvalue weighted by Gasteiger charge is 2.35. The molecule has 1 aliphatic carbocycles. The summed E-state index contributed by atoms with van der Waals surface area (Å²) in [4.78, 5) is 8.76. The second-order valence-electron chi connectivity index (χ2n) is 10.3. The molecule has 0 bridgehead atoms. The van der Waals surface area contributed by atoms with E-state index in [-0.39, 0.29) is 22.8 Å². The number of benzene rings is 1. The molecule has 1 saturated heterocycles. The van der Waals surface area contributed by atoms with Gasteiger partial charge in [0.05, 0.1) is 22.9 Å². The molecular weight excluding hydrogens is 455 g/mol. The Balaban J connectivity index is 1.76. The zero-order valence-corrected chi connectivity index (χ0v) is 21.1. The Morgan fingerprint density at radius 3 is 2.65 bits per heavy atom. The summed E-state index contributed by atoms with van der Waals surface area (Å²) >= 11 is 0. The van der Waals surface area contributed by atoms with Crippen molar-refractivity contribution in [3.8, 4) is 6.07 Å². The number of aromatic nitrogens is 2. The van der Waals surface area contributed by atoms with Crippen molar-refractivity contribution in [2.24, 2.45) is 0 Å². The van der Waals surface area contributed by atoms with E-state index in [0.717, 1.165) is 31.9 Å². The molecule has 0 spiro atoms. The van der Waals surface area contributed by atoms with Crippen LogP contribution >= 0.6 is 7.14 Å². The Kier molecular flexibility index (Phi) is 6.16. The van der Waals surface area contributed by atoms with E-state index in [1.807, 2.05) is 6.08 Å². The van der Waals surface area contributed by atoms with Gasteiger partial charge in [-0.05, 0) is 63.6 Å². The lowest BCUT2D eigenvalue weighted by molar-refractivity contribution is 0.0165. The lowest BCUT2D eigenvalue weighted by Gasteiger charge is -2.36. The fourth-order valence-electron chi connectivity index (χ4n) is 4.75. The lowest BCUT2D eigenvalue weighted by atomic mass is 9.91. The minimum Gasteiger partial charge on any atom is -0.350 e. The first-order valence-corrected chi connectivity index (χ1v) is 14.0. The summed E-state index contributed by atoms with van der Waals surface area (Å²) in [7, 11) is -2.78. The average Bonchev–Trinajstić information content (AvgIpc) is 3.16. The smallest absolute Gasteiger partial charge is 0.274 e. The minimum absolute atomic E-state index is 0.0642. The number of anilines is 1. The molecule has 0 unspecified atom stereocenters. The van der Waals surface area contributed by atoms with Gasteiger partial charge in [-0.25, -0.2) is 18.7 Å². The van der Waals surface area contributed by atoms with Crippen LogP contribution in [0.25, 0.3) is 5.57 Å². The summed E-state index contributed by atoms with van der Waals surface area (Å²) in [6.45, 7) is 9.11. The Morgan fingerprint density at radius 1 is 1.32 bits per heavy atom. The van der Waals surface area contributed by atoms with E-state index in [4.69, 9.17) is 0 Å². The molecule has 1 aromatic heterocycles. The van der Waals surface area contributed by atoms with Gasteiger partial charge in [-0.15, -0.1) is 0 Å². The Bertz CT molecular complexity index is 1240. The van der Waals surface area contributed by atoms with Crippen LogP contribution in [0.3, 0.4) is 0 Å². The first kappa shape index (κ1) is 24.5. The van der Waals surface area contributed by atoms with Gasteiger partial charge in [0.1, 0.15) is 7.14 Å². The second kappa shape index (κ2) is 8.55. The van der Waals surface area contributed by atoms with Crippen LogP contribution in [0.1, 0.15) is 61.6 Å². The van der Waals surface area contributed by atoms with E-state index in [9.17, 15) is 18.6 Å². The molecule has 9 heteroatoms. The molecule has 34 heavy (non-hydrogen) atoms. The molecule has 1 atom stereocenters. The summed E-state index contributed by atoms with van der Waals surface area (Å²) in [5.41, 5.74) is 2.32. The number of nitriles is 1. The third kappa shape index (κ3) is 4.78. The number of hydrogen-bond donors (Lipinski definition) is 2. The second-order valence-corrected chi connectivity index (χ2v) is 13.4. The molecule has 2 N–H and O–H groups in total. The van der Waals surface area contributed by atoms with Crippen molar-refractivity contribution >= 4 is 24.0 Å². The molecule has 180 valence electrons. The number of halogens is 2. The van der Waals surface area contributed by atoms with Gasteiger partial charge < -0.3 is 15.2 Å². The Morgan fingerprint density at radius 2 is 2.06 bits per heavy atom. The fourth-order valence-corrected chi connectivity index (χ4v) is 6.31. The predicted molar refractivity (Wildman–Crippen MR) is 131 cm³/mol. The average molecular weight is 486 g/mol. The van der Waals surface area contributed by atoms with Gasteiger partial charge in [-0.2, -0.15) is 5.26 Å². The van der Waals surface area contributed by atoms with E-state index in [1.54, 1.807) is 25.5 Å². The van der Waals surface area contributed by atoms with Crippen LogP contribution in [0.4, 0.5) is 14.7 Å². The molecule has 1 aliphatic heterocycles. The number of alkyl halides is 2. The van der Waals surface area contributed by atoms with Crippen molar-refractivity contribution in [2.45, 2.75) is 57.5 Å². The van der Waals surface area contributed by atoms with Gasteiger partial charge in [0, 0.05) is 42.1 Å². The van der Waals surface area contributed by atoms with Crippen LogP contribution in [0, 0.1) is 11.3 Å². The van der Waals surface area contributed by atoms with Crippen molar-refractivity contribution in [3.63, 3.8) is 0 Å². The van der Waals surface area contributed by atoms with Crippen molar-refractivity contribution in [2.75, 3.05) is 25.2 Å². The lowest BCUT2D eigenvalue weighted by Crippen LogP contribution is -2.50. The highest BCUT2D eigenvalue weighted by Crippen LogP contribution is 2.44. The maximum Gasteiger partial charge on any atom is 0.274 e. The minimum atomic E-state index is -3.14. The van der Waals surface area contributed by atoms with Crippen molar-refractivity contribution < 1.29 is 13.3 Å². The fraction of sp³-hybridized carbons (Fsp3) is 0.480. The van der Waals surface area contributed by atoms with Crippen LogP contribution < -0.4 is 15.9 Å². The van der Waals surface area contributed by atoms with E-state index < -0.39 is 13.1 Å². The number of allylic oxidation sites excluding steroid dienone is 1. The molecule has 1 aromatic carbocycles. The third-order valence-corrected chi connectivity index (χ3v) is 8.12. The van der Waals surface area contributed by atoms with Crippen molar-refractivity contribution in [3.05, 3.63) is 52.4 Å². The molecular formula is C25H30F2N5OP. The first-order valence-electron chi connectivity index (χ1n) is 11.4. The maximum atomic E-state index is 14.6. The van der Waals surface area contributed by atoms with Crippen molar-refractivity contribution in [1.82, 2.24) is 15.3 Å². The van der Waals surface area contributed by atoms with E-state index in [1.165, 1.54) is 6.20 Å². The van der Waals surface area contributed by atoms with Gasteiger partial charge in [0.2, 0.25) is 5.95 Å². The molecule has 0 radical (unpaired) electrons. The van der Waals surface area contributed by atoms with E-state index in [2.05, 4.69) is 40.5 Å². The monoisotopic (exact) mass is 485 g/mol. The predicted octanol–water partition coefficient (Wildman–Crippen LogP) is 4.64. The van der Waals surface area contributed by atoms with Gasteiger partial charge in [0.15, 0.2) is 0 Å². The molecule has 6 nitrogen and oxygen atoms in total. The van der Waals surface area contributed by atoms with E-state index >= 15 is 0 Å². The largest absolute Gasteiger partial charge is 0.350 e. The number of nitrogens with zero attached hydrogens (tertiary/aromatic N) is 3. The quantitative estimate of drug-likeness (QED) is 0.600. The van der Waals surface area contributed by atoms with Gasteiger partial charge >= 0.3 is 0 Å². The molecule has 2 aromatic rings. The number of rotatable bonds is 5. The Hall–Kier alpha value is -2.62. The number of hydrogen-bond acceptors (Lipinski definition) is 6. The summed E-state index contributed by atoms with van der Waals surface area (Å²) in [5.74, 6) is -2.84. The highest BCUT2D eigenvalue weighted by molar-refractivity contribution is 7.70. The van der Waals surface area contributed by atoms with Gasteiger partial charge in [-0.1, -0.05) is 12.1 Å². The summed E-state index contributed by atoms with van der Waals surface area (Å²) in [5, 5.41) is 16.8. The van der Waals surface area contributed by atoms with Crippen LogP contribution in [0.5, 0.6) is 0 Å². The third-order valence-electron chi connectivity index (χ3n) is 6.54. The van der Waals surface area contributed by atoms with E-state index in [0.29, 0.717) is 34.4 Å². The molecule has 0 saturated carbocycles. The first-order chi connectivity index (χ1) is 15.8. The molecule has 0 amide bonds. The maximum absolute atomic E-state index is 14.6. The summed E-state index contributed by atoms with van der Waals surface area (Å²) in [6.07, 6.45) is 5.32.